The van der Waals surface area contributed by atoms with E-state index in [1.54, 1.807) is 25.4 Å². The quantitative estimate of drug-likeness (QED) is 0.783. The Kier molecular flexibility index (Phi) is 2.66. The average Bonchev–Trinajstić information content (AvgIpc) is 2.57. The molecule has 0 amide bonds. The molecule has 15 heavy (non-hydrogen) atoms. The van der Waals surface area contributed by atoms with Crippen LogP contribution in [0.25, 0.3) is 5.65 Å². The Morgan fingerprint density at radius 3 is 3.13 bits per heavy atom. The number of rotatable bonds is 3. The van der Waals surface area contributed by atoms with Crippen LogP contribution in [-0.2, 0) is 0 Å². The van der Waals surface area contributed by atoms with E-state index in [1.165, 1.54) is 4.52 Å². The van der Waals surface area contributed by atoms with Gasteiger partial charge in [-0.3, -0.25) is 4.79 Å². The molecular weight excluding hydrogens is 216 g/mol. The molecule has 6 heteroatoms. The largest absolute Gasteiger partial charge is 0.313 e. The molecule has 2 rings (SSSR count). The second-order valence-corrected chi connectivity index (χ2v) is 3.36. The van der Waals surface area contributed by atoms with Crippen molar-refractivity contribution < 1.29 is 4.79 Å². The van der Waals surface area contributed by atoms with Crippen LogP contribution < -0.4 is 5.32 Å². The van der Waals surface area contributed by atoms with Crippen molar-refractivity contribution in [2.75, 3.05) is 13.6 Å². The molecule has 2 heterocycles. The third-order valence-electron chi connectivity index (χ3n) is 1.94. The van der Waals surface area contributed by atoms with Crippen LogP contribution in [0.2, 0.25) is 5.15 Å². The van der Waals surface area contributed by atoms with Crippen LogP contribution in [0.15, 0.2) is 18.3 Å². The molecule has 0 unspecified atom stereocenters. The molecule has 0 saturated carbocycles. The number of likely N-dealkylation sites (N-methyl/N-ethyl adjacent to an activating group) is 1. The first-order chi connectivity index (χ1) is 7.24. The Morgan fingerprint density at radius 1 is 1.67 bits per heavy atom. The Morgan fingerprint density at radius 2 is 2.47 bits per heavy atom. The number of imidazole rings is 1. The highest BCUT2D eigenvalue weighted by molar-refractivity contribution is 6.33. The van der Waals surface area contributed by atoms with Gasteiger partial charge in [0.15, 0.2) is 16.6 Å². The van der Waals surface area contributed by atoms with Gasteiger partial charge in [-0.1, -0.05) is 11.6 Å². The first kappa shape index (κ1) is 10.1. The van der Waals surface area contributed by atoms with Crippen LogP contribution in [0.5, 0.6) is 0 Å². The summed E-state index contributed by atoms with van der Waals surface area (Å²) in [5.74, 6) is -0.145. The molecule has 0 aliphatic rings. The second-order valence-electron chi connectivity index (χ2n) is 3.00. The molecular formula is C9H9ClN4O. The van der Waals surface area contributed by atoms with Gasteiger partial charge in [-0.2, -0.15) is 5.10 Å². The minimum Gasteiger partial charge on any atom is -0.313 e. The molecule has 0 aliphatic carbocycles. The van der Waals surface area contributed by atoms with E-state index in [2.05, 4.69) is 15.4 Å². The van der Waals surface area contributed by atoms with Crippen LogP contribution in [0, 0.1) is 0 Å². The monoisotopic (exact) mass is 224 g/mol. The Bertz CT molecular complexity index is 508. The van der Waals surface area contributed by atoms with Crippen LogP contribution >= 0.6 is 11.6 Å². The summed E-state index contributed by atoms with van der Waals surface area (Å²) in [6.45, 7) is 0.212. The normalized spacial score (nSPS) is 10.8. The Labute approximate surface area is 91.1 Å². The summed E-state index contributed by atoms with van der Waals surface area (Å²) in [4.78, 5) is 15.7. The lowest BCUT2D eigenvalue weighted by molar-refractivity contribution is 0.0989. The standard InChI is InChI=1S/C9H9ClN4O/c1-11-5-6(15)8-9(10)14-7(13-8)3-2-4-12-14/h2-4,11H,5H2,1H3. The van der Waals surface area contributed by atoms with Gasteiger partial charge in [0.25, 0.3) is 0 Å². The van der Waals surface area contributed by atoms with Crippen LogP contribution in [-0.4, -0.2) is 34.0 Å². The van der Waals surface area contributed by atoms with Gasteiger partial charge in [0, 0.05) is 6.20 Å². The molecule has 5 nitrogen and oxygen atoms in total. The molecule has 2 aromatic rings. The van der Waals surface area contributed by atoms with Crippen molar-refractivity contribution in [2.45, 2.75) is 0 Å². The van der Waals surface area contributed by atoms with Crippen molar-refractivity contribution in [1.29, 1.82) is 0 Å². The zero-order valence-electron chi connectivity index (χ0n) is 8.07. The summed E-state index contributed by atoms with van der Waals surface area (Å²) < 4.78 is 1.43. The maximum atomic E-state index is 11.6. The fourth-order valence-corrected chi connectivity index (χ4v) is 1.56. The second kappa shape index (κ2) is 3.96. The van der Waals surface area contributed by atoms with Crippen molar-refractivity contribution in [2.24, 2.45) is 0 Å². The number of fused-ring (bicyclic) bond motifs is 1. The van der Waals surface area contributed by atoms with Crippen molar-refractivity contribution >= 4 is 23.0 Å². The lowest BCUT2D eigenvalue weighted by Gasteiger charge is -1.95. The minimum absolute atomic E-state index is 0.145. The molecule has 0 aromatic carbocycles. The molecule has 0 atom stereocenters. The Balaban J connectivity index is 2.53. The van der Waals surface area contributed by atoms with Gasteiger partial charge in [-0.05, 0) is 19.2 Å². The molecule has 0 fully saturated rings. The molecule has 78 valence electrons. The Hall–Kier alpha value is -1.46. The van der Waals surface area contributed by atoms with Crippen LogP contribution in [0.4, 0.5) is 0 Å². The van der Waals surface area contributed by atoms with Crippen molar-refractivity contribution in [3.05, 3.63) is 29.2 Å². The minimum atomic E-state index is -0.145. The van der Waals surface area contributed by atoms with Gasteiger partial charge in [-0.15, -0.1) is 0 Å². The maximum Gasteiger partial charge on any atom is 0.198 e. The van der Waals surface area contributed by atoms with Gasteiger partial charge in [0.1, 0.15) is 5.69 Å². The predicted octanol–water partition coefficient (Wildman–Crippen LogP) is 0.785. The third kappa shape index (κ3) is 1.71. The van der Waals surface area contributed by atoms with Gasteiger partial charge < -0.3 is 5.32 Å². The zero-order valence-corrected chi connectivity index (χ0v) is 8.82. The third-order valence-corrected chi connectivity index (χ3v) is 2.28. The first-order valence-electron chi connectivity index (χ1n) is 4.41. The number of halogens is 1. The molecule has 1 N–H and O–H groups in total. The molecule has 0 saturated heterocycles. The summed E-state index contributed by atoms with van der Waals surface area (Å²) in [6.07, 6.45) is 1.59. The number of Topliss-reactive ketones (excluding diaryl/α,β-unsaturated/α-hetero) is 1. The summed E-state index contributed by atoms with van der Waals surface area (Å²) in [5.41, 5.74) is 0.826. The van der Waals surface area contributed by atoms with E-state index in [0.717, 1.165) is 0 Å². The molecule has 2 aromatic heterocycles. The average molecular weight is 225 g/mol. The molecule has 0 bridgehead atoms. The lowest BCUT2D eigenvalue weighted by Crippen LogP contribution is -2.19. The fourth-order valence-electron chi connectivity index (χ4n) is 1.28. The molecule has 0 aliphatic heterocycles. The number of nitrogens with one attached hydrogen (secondary N) is 1. The number of hydrogen-bond donors (Lipinski definition) is 1. The number of aromatic nitrogens is 3. The summed E-state index contributed by atoms with van der Waals surface area (Å²) in [6, 6.07) is 3.49. The van der Waals surface area contributed by atoms with Gasteiger partial charge in [-0.25, -0.2) is 9.50 Å². The van der Waals surface area contributed by atoms with E-state index in [9.17, 15) is 4.79 Å². The van der Waals surface area contributed by atoms with E-state index in [0.29, 0.717) is 5.65 Å². The highest BCUT2D eigenvalue weighted by Gasteiger charge is 2.16. The maximum absolute atomic E-state index is 11.6. The topological polar surface area (TPSA) is 59.3 Å². The number of hydrogen-bond acceptors (Lipinski definition) is 4. The predicted molar refractivity (Wildman–Crippen MR) is 56.3 cm³/mol. The number of ketones is 1. The number of nitrogens with zero attached hydrogens (tertiary/aromatic N) is 3. The van der Waals surface area contributed by atoms with Crippen LogP contribution in [0.1, 0.15) is 10.5 Å². The van der Waals surface area contributed by atoms with E-state index in [-0.39, 0.29) is 23.2 Å². The van der Waals surface area contributed by atoms with Crippen LogP contribution in [0.3, 0.4) is 0 Å². The van der Waals surface area contributed by atoms with Crippen molar-refractivity contribution in [3.8, 4) is 0 Å². The lowest BCUT2D eigenvalue weighted by atomic mass is 10.3. The SMILES string of the molecule is CNCC(=O)c1nc2cccnn2c1Cl. The summed E-state index contributed by atoms with van der Waals surface area (Å²) in [5, 5.41) is 7.01. The highest BCUT2D eigenvalue weighted by atomic mass is 35.5. The smallest absolute Gasteiger partial charge is 0.198 e. The van der Waals surface area contributed by atoms with E-state index >= 15 is 0 Å². The van der Waals surface area contributed by atoms with E-state index in [1.807, 2.05) is 0 Å². The van der Waals surface area contributed by atoms with E-state index < -0.39 is 0 Å². The van der Waals surface area contributed by atoms with E-state index in [4.69, 9.17) is 11.6 Å². The fraction of sp³-hybridized carbons (Fsp3) is 0.222. The number of carbonyl (C=O) groups is 1. The van der Waals surface area contributed by atoms with Crippen molar-refractivity contribution in [1.82, 2.24) is 19.9 Å². The van der Waals surface area contributed by atoms with Crippen molar-refractivity contribution in [3.63, 3.8) is 0 Å². The zero-order chi connectivity index (χ0) is 10.8. The summed E-state index contributed by atoms with van der Waals surface area (Å²) >= 11 is 5.98. The molecule has 0 spiro atoms. The van der Waals surface area contributed by atoms with Gasteiger partial charge in [0.2, 0.25) is 0 Å². The van der Waals surface area contributed by atoms with Gasteiger partial charge in [0.05, 0.1) is 6.54 Å². The highest BCUT2D eigenvalue weighted by Crippen LogP contribution is 2.16. The molecule has 0 radical (unpaired) electrons. The number of carbonyl (C=O) groups excluding carboxylic acids is 1. The summed E-state index contributed by atoms with van der Waals surface area (Å²) in [7, 11) is 1.69. The first-order valence-corrected chi connectivity index (χ1v) is 4.79. The van der Waals surface area contributed by atoms with Gasteiger partial charge >= 0.3 is 0 Å².